The Morgan fingerprint density at radius 3 is 2.63 bits per heavy atom. The van der Waals surface area contributed by atoms with Crippen molar-refractivity contribution in [2.45, 2.75) is 25.8 Å². The van der Waals surface area contributed by atoms with Gasteiger partial charge in [-0.2, -0.15) is 0 Å². The molecule has 0 aliphatic carbocycles. The molecule has 104 valence electrons. The Balaban J connectivity index is 2.14. The average Bonchev–Trinajstić information content (AvgIpc) is 2.34. The Kier molecular flexibility index (Phi) is 5.12. The molecular formula is C13H15BrCl2N2O. The van der Waals surface area contributed by atoms with E-state index >= 15 is 0 Å². The summed E-state index contributed by atoms with van der Waals surface area (Å²) < 4.78 is 0.782. The second-order valence-electron chi connectivity index (χ2n) is 4.78. The number of carbonyl (C=O) groups is 1. The Morgan fingerprint density at radius 1 is 1.42 bits per heavy atom. The molecule has 1 heterocycles. The summed E-state index contributed by atoms with van der Waals surface area (Å²) in [5.41, 5.74) is 0.469. The van der Waals surface area contributed by atoms with Gasteiger partial charge in [0.1, 0.15) is 0 Å². The molecule has 1 aliphatic rings. The summed E-state index contributed by atoms with van der Waals surface area (Å²) in [6, 6.07) is 3.23. The monoisotopic (exact) mass is 364 g/mol. The molecule has 19 heavy (non-hydrogen) atoms. The van der Waals surface area contributed by atoms with Gasteiger partial charge < -0.3 is 10.6 Å². The number of amides is 1. The van der Waals surface area contributed by atoms with Crippen LogP contribution < -0.4 is 10.6 Å². The van der Waals surface area contributed by atoms with Gasteiger partial charge >= 0.3 is 0 Å². The van der Waals surface area contributed by atoms with E-state index in [0.29, 0.717) is 21.7 Å². The summed E-state index contributed by atoms with van der Waals surface area (Å²) in [5, 5.41) is 6.91. The second-order valence-corrected chi connectivity index (χ2v) is 6.52. The number of benzene rings is 1. The van der Waals surface area contributed by atoms with E-state index in [1.54, 1.807) is 12.1 Å². The molecule has 0 radical (unpaired) electrons. The number of halogens is 3. The molecule has 2 N–H and O–H groups in total. The van der Waals surface area contributed by atoms with Gasteiger partial charge in [0.05, 0.1) is 21.8 Å². The number of anilines is 1. The van der Waals surface area contributed by atoms with Gasteiger partial charge in [0.25, 0.3) is 0 Å². The molecule has 1 aromatic rings. The molecule has 1 amide bonds. The van der Waals surface area contributed by atoms with Crippen molar-refractivity contribution in [3.63, 3.8) is 0 Å². The highest BCUT2D eigenvalue weighted by Gasteiger charge is 2.28. The molecule has 0 aromatic heterocycles. The third kappa shape index (κ3) is 3.63. The Bertz CT molecular complexity index is 473. The summed E-state index contributed by atoms with van der Waals surface area (Å²) in [6.07, 6.45) is 2.15. The maximum Gasteiger partial charge on any atom is 0.241 e. The second kappa shape index (κ2) is 6.44. The molecule has 1 fully saturated rings. The zero-order valence-electron chi connectivity index (χ0n) is 10.5. The van der Waals surface area contributed by atoms with Crippen LogP contribution in [0.5, 0.6) is 0 Å². The molecule has 3 nitrogen and oxygen atoms in total. The van der Waals surface area contributed by atoms with Crippen molar-refractivity contribution >= 4 is 50.7 Å². The summed E-state index contributed by atoms with van der Waals surface area (Å²) in [6.45, 7) is 2.94. The van der Waals surface area contributed by atoms with Gasteiger partial charge in [-0.15, -0.1) is 0 Å². The molecule has 1 aliphatic heterocycles. The SMILES string of the molecule is CC1CCCNC1C(=O)Nc1c(Cl)cc(Br)cc1Cl. The highest BCUT2D eigenvalue weighted by Crippen LogP contribution is 2.34. The number of hydrogen-bond donors (Lipinski definition) is 2. The maximum absolute atomic E-state index is 12.3. The predicted molar refractivity (Wildman–Crippen MR) is 83.0 cm³/mol. The Hall–Kier alpha value is -0.290. The van der Waals surface area contributed by atoms with Gasteiger partial charge in [-0.05, 0) is 37.4 Å². The van der Waals surface area contributed by atoms with E-state index in [-0.39, 0.29) is 11.9 Å². The average molecular weight is 366 g/mol. The molecule has 6 heteroatoms. The maximum atomic E-state index is 12.3. The highest BCUT2D eigenvalue weighted by molar-refractivity contribution is 9.10. The summed E-state index contributed by atoms with van der Waals surface area (Å²) in [7, 11) is 0. The van der Waals surface area contributed by atoms with Gasteiger partial charge in [0, 0.05) is 4.47 Å². The lowest BCUT2D eigenvalue weighted by Gasteiger charge is -2.29. The van der Waals surface area contributed by atoms with Crippen LogP contribution in [0.25, 0.3) is 0 Å². The summed E-state index contributed by atoms with van der Waals surface area (Å²) in [5.74, 6) is 0.222. The van der Waals surface area contributed by atoms with Crippen molar-refractivity contribution in [1.82, 2.24) is 5.32 Å². The van der Waals surface area contributed by atoms with E-state index in [4.69, 9.17) is 23.2 Å². The Labute approximate surface area is 131 Å². The van der Waals surface area contributed by atoms with Crippen molar-refractivity contribution in [2.75, 3.05) is 11.9 Å². The van der Waals surface area contributed by atoms with Crippen molar-refractivity contribution in [3.05, 3.63) is 26.7 Å². The topological polar surface area (TPSA) is 41.1 Å². The van der Waals surface area contributed by atoms with Crippen LogP contribution in [0.4, 0.5) is 5.69 Å². The lowest BCUT2D eigenvalue weighted by atomic mass is 9.92. The van der Waals surface area contributed by atoms with Crippen LogP contribution >= 0.6 is 39.1 Å². The smallest absolute Gasteiger partial charge is 0.241 e. The number of nitrogens with one attached hydrogen (secondary N) is 2. The zero-order valence-corrected chi connectivity index (χ0v) is 13.6. The zero-order chi connectivity index (χ0) is 14.0. The molecule has 2 atom stereocenters. The molecule has 1 aromatic carbocycles. The first-order chi connectivity index (χ1) is 8.99. The van der Waals surface area contributed by atoms with Crippen LogP contribution in [0.2, 0.25) is 10.0 Å². The minimum absolute atomic E-state index is 0.0849. The van der Waals surface area contributed by atoms with Gasteiger partial charge in [-0.25, -0.2) is 0 Å². The summed E-state index contributed by atoms with van der Waals surface area (Å²) >= 11 is 15.5. The van der Waals surface area contributed by atoms with Crippen LogP contribution in [0.3, 0.4) is 0 Å². The van der Waals surface area contributed by atoms with Gasteiger partial charge in [-0.1, -0.05) is 46.1 Å². The standard InChI is InChI=1S/C13H15BrCl2N2O/c1-7-3-2-4-17-11(7)13(19)18-12-9(15)5-8(14)6-10(12)16/h5-7,11,17H,2-4H2,1H3,(H,18,19). The normalized spacial score (nSPS) is 23.2. The van der Waals surface area contributed by atoms with Crippen molar-refractivity contribution < 1.29 is 4.79 Å². The third-order valence-corrected chi connectivity index (χ3v) is 4.36. The fourth-order valence-electron chi connectivity index (χ4n) is 2.26. The van der Waals surface area contributed by atoms with Crippen molar-refractivity contribution in [3.8, 4) is 0 Å². The van der Waals surface area contributed by atoms with Crippen LogP contribution in [0, 0.1) is 5.92 Å². The molecule has 0 saturated carbocycles. The van der Waals surface area contributed by atoms with Crippen LogP contribution in [0.1, 0.15) is 19.8 Å². The minimum Gasteiger partial charge on any atom is -0.322 e. The van der Waals surface area contributed by atoms with Gasteiger partial charge in [-0.3, -0.25) is 4.79 Å². The van der Waals surface area contributed by atoms with Crippen LogP contribution in [-0.4, -0.2) is 18.5 Å². The van der Waals surface area contributed by atoms with E-state index in [2.05, 4.69) is 33.5 Å². The number of rotatable bonds is 2. The molecule has 2 unspecified atom stereocenters. The van der Waals surface area contributed by atoms with E-state index in [0.717, 1.165) is 23.9 Å². The van der Waals surface area contributed by atoms with Crippen LogP contribution in [0.15, 0.2) is 16.6 Å². The fraction of sp³-hybridized carbons (Fsp3) is 0.462. The third-order valence-electron chi connectivity index (χ3n) is 3.31. The first-order valence-electron chi connectivity index (χ1n) is 6.18. The van der Waals surface area contributed by atoms with E-state index in [9.17, 15) is 4.79 Å². The van der Waals surface area contributed by atoms with Gasteiger partial charge in [0.15, 0.2) is 0 Å². The van der Waals surface area contributed by atoms with Crippen LogP contribution in [-0.2, 0) is 4.79 Å². The molecular weight excluding hydrogens is 351 g/mol. The Morgan fingerprint density at radius 2 is 2.05 bits per heavy atom. The molecule has 0 bridgehead atoms. The summed E-state index contributed by atoms with van der Waals surface area (Å²) in [4.78, 5) is 12.3. The van der Waals surface area contributed by atoms with Crippen molar-refractivity contribution in [1.29, 1.82) is 0 Å². The minimum atomic E-state index is -0.190. The molecule has 2 rings (SSSR count). The first-order valence-corrected chi connectivity index (χ1v) is 7.72. The largest absolute Gasteiger partial charge is 0.322 e. The lowest BCUT2D eigenvalue weighted by molar-refractivity contribution is -0.119. The molecule has 1 saturated heterocycles. The quantitative estimate of drug-likeness (QED) is 0.828. The predicted octanol–water partition coefficient (Wildman–Crippen LogP) is 4.08. The molecule has 0 spiro atoms. The first kappa shape index (κ1) is 15.1. The van der Waals surface area contributed by atoms with E-state index in [1.807, 2.05) is 0 Å². The van der Waals surface area contributed by atoms with E-state index in [1.165, 1.54) is 0 Å². The van der Waals surface area contributed by atoms with Crippen molar-refractivity contribution in [2.24, 2.45) is 5.92 Å². The fourth-order valence-corrected chi connectivity index (χ4v) is 3.57. The van der Waals surface area contributed by atoms with E-state index < -0.39 is 0 Å². The van der Waals surface area contributed by atoms with Gasteiger partial charge in [0.2, 0.25) is 5.91 Å². The number of carbonyl (C=O) groups excluding carboxylic acids is 1. The number of hydrogen-bond acceptors (Lipinski definition) is 2. The lowest BCUT2D eigenvalue weighted by Crippen LogP contribution is -2.48. The highest BCUT2D eigenvalue weighted by atomic mass is 79.9. The number of piperidine rings is 1.